The number of anilines is 1. The third-order valence-electron chi connectivity index (χ3n) is 6.31. The van der Waals surface area contributed by atoms with E-state index in [0.717, 1.165) is 52.3 Å². The molecule has 0 aliphatic rings. The summed E-state index contributed by atoms with van der Waals surface area (Å²) in [6, 6.07) is 15.1. The van der Waals surface area contributed by atoms with E-state index in [0.29, 0.717) is 18.0 Å². The van der Waals surface area contributed by atoms with Crippen molar-refractivity contribution < 1.29 is 62.0 Å². The van der Waals surface area contributed by atoms with Crippen LogP contribution in [0.4, 0.5) is 42.5 Å². The van der Waals surface area contributed by atoms with Gasteiger partial charge >= 0.3 is 17.1 Å². The van der Waals surface area contributed by atoms with Gasteiger partial charge in [-0.05, 0) is 62.6 Å². The summed E-state index contributed by atoms with van der Waals surface area (Å²) in [7, 11) is -13.4. The van der Waals surface area contributed by atoms with E-state index in [-0.39, 0.29) is 0 Å². The first kappa shape index (κ1) is 38.5. The number of likely N-dealkylation sites (N-methyl/N-ethyl adjacent to an activating group) is 1. The summed E-state index contributed by atoms with van der Waals surface area (Å²) in [6.45, 7) is 10.8. The number of hydrogen-bond donors (Lipinski definition) is 1. The Morgan fingerprint density at radius 1 is 0.841 bits per heavy atom. The van der Waals surface area contributed by atoms with Gasteiger partial charge in [-0.2, -0.15) is 31.3 Å². The zero-order valence-corrected chi connectivity index (χ0v) is 25.3. The van der Waals surface area contributed by atoms with Gasteiger partial charge in [-0.25, -0.2) is 26.4 Å². The van der Waals surface area contributed by atoms with Gasteiger partial charge in [0, 0.05) is 5.69 Å². The Balaban J connectivity index is 0.000000546. The molecule has 44 heavy (non-hydrogen) atoms. The molecule has 0 bridgehead atoms. The van der Waals surface area contributed by atoms with Gasteiger partial charge in [0.1, 0.15) is 13.2 Å². The number of amides is 1. The number of nitrogens with one attached hydrogen (secondary N) is 1. The number of isocyanates is 1. The first-order valence-electron chi connectivity index (χ1n) is 12.7. The lowest BCUT2D eigenvalue weighted by Crippen LogP contribution is -2.49. The summed E-state index contributed by atoms with van der Waals surface area (Å²) in [5.41, 5.74) is -8.88. The molecule has 0 spiro atoms. The molecule has 0 heterocycles. The van der Waals surface area contributed by atoms with Crippen molar-refractivity contribution in [3.05, 3.63) is 63.8 Å². The van der Waals surface area contributed by atoms with Crippen LogP contribution in [0.5, 0.6) is 0 Å². The van der Waals surface area contributed by atoms with Crippen LogP contribution in [-0.4, -0.2) is 77.3 Å². The largest absolute Gasteiger partial charge is 0.480 e. The number of halogens is 6. The molecule has 0 saturated carbocycles. The van der Waals surface area contributed by atoms with Crippen molar-refractivity contribution in [1.82, 2.24) is 0 Å². The third-order valence-corrected chi connectivity index (χ3v) is 9.05. The maximum Gasteiger partial charge on any atom is 0.480 e. The Kier molecular flexibility index (Phi) is 14.0. The molecule has 0 radical (unpaired) electrons. The molecule has 0 aliphatic carbocycles. The number of quaternary nitrogens is 1. The summed E-state index contributed by atoms with van der Waals surface area (Å²) in [5.74, 6) is 0. The lowest BCUT2D eigenvalue weighted by atomic mass is 10.0. The molecule has 2 aromatic carbocycles. The molecule has 2 aromatic rings. The fraction of sp³-hybridized carbons (Fsp3) is 0.440. The second kappa shape index (κ2) is 16.0. The highest BCUT2D eigenvalue weighted by Gasteiger charge is 2.46. The summed E-state index contributed by atoms with van der Waals surface area (Å²) in [5, 5.41) is 2.78. The maximum atomic E-state index is 12.0. The summed E-state index contributed by atoms with van der Waals surface area (Å²) < 4.78 is 115. The quantitative estimate of drug-likeness (QED) is 0.131. The number of ether oxygens (including phenoxy) is 1. The van der Waals surface area contributed by atoms with Crippen molar-refractivity contribution in [2.45, 2.75) is 38.2 Å². The molecule has 19 heteroatoms. The highest BCUT2D eigenvalue weighted by atomic mass is 32.3. The van der Waals surface area contributed by atoms with Crippen molar-refractivity contribution in [1.29, 1.82) is 0 Å². The molecule has 1 amide bonds. The van der Waals surface area contributed by atoms with E-state index in [1.807, 2.05) is 36.4 Å². The number of hydrogen-bond acceptors (Lipinski definition) is 8. The highest BCUT2D eigenvalue weighted by Crippen LogP contribution is 2.36. The van der Waals surface area contributed by atoms with Crippen LogP contribution in [0, 0.1) is 0 Å². The van der Waals surface area contributed by atoms with Crippen LogP contribution in [0.25, 0.3) is 4.13 Å². The lowest BCUT2D eigenvalue weighted by molar-refractivity contribution is -0.923. The number of alkyl halides is 6. The Hall–Kier alpha value is -3.51. The topological polar surface area (TPSA) is 150 Å². The van der Waals surface area contributed by atoms with E-state index < -0.39 is 37.2 Å². The van der Waals surface area contributed by atoms with E-state index in [9.17, 15) is 52.8 Å². The van der Waals surface area contributed by atoms with Gasteiger partial charge in [0.2, 0.25) is 6.08 Å². The molecule has 0 aromatic heterocycles. The fourth-order valence-electron chi connectivity index (χ4n) is 3.53. The van der Waals surface area contributed by atoms with Crippen LogP contribution in [0.1, 0.15) is 31.9 Å². The van der Waals surface area contributed by atoms with E-state index in [2.05, 4.69) is 31.1 Å². The third kappa shape index (κ3) is 11.9. The minimum atomic E-state index is -6.72. The van der Waals surface area contributed by atoms with Gasteiger partial charge in [0.05, 0.1) is 25.3 Å². The van der Waals surface area contributed by atoms with Crippen molar-refractivity contribution in [3.8, 4) is 0 Å². The van der Waals surface area contributed by atoms with Crippen LogP contribution < -0.4 is 5.32 Å². The molecular formula is C25H30F6N4O7S2. The summed E-state index contributed by atoms with van der Waals surface area (Å²) >= 11 is 0. The predicted molar refractivity (Wildman–Crippen MR) is 149 cm³/mol. The van der Waals surface area contributed by atoms with Gasteiger partial charge in [0.25, 0.3) is 0 Å². The average molecular weight is 677 g/mol. The molecule has 0 fully saturated rings. The summed E-state index contributed by atoms with van der Waals surface area (Å²) in [6.07, 6.45) is 1.86. The van der Waals surface area contributed by atoms with Crippen LogP contribution in [-0.2, 0) is 36.0 Å². The fourth-order valence-corrected chi connectivity index (χ4v) is 5.24. The number of rotatable bonds is 12. The Labute approximate surface area is 250 Å². The standard InChI is InChI=1S/C23H29N3O3.C2F6NO4S2/c1-4-26(5-2,6-3)15-16-29-23(28)25-22-13-9-20(10-14-22)17-19-7-11-21(12-8-19)24-18-27;3-1(4,5)14(10,11)9-15(12,13)2(6,7)8/h7-14H,4-6,15-17H2,1-3H3;/q;-1/p+1. The lowest BCUT2D eigenvalue weighted by Gasteiger charge is -2.35. The van der Waals surface area contributed by atoms with Crippen LogP contribution in [0.15, 0.2) is 53.5 Å². The minimum Gasteiger partial charge on any atom is -0.443 e. The second-order valence-corrected chi connectivity index (χ2v) is 12.4. The Morgan fingerprint density at radius 3 is 1.66 bits per heavy atom. The van der Waals surface area contributed by atoms with Crippen LogP contribution in [0.2, 0.25) is 0 Å². The normalized spacial score (nSPS) is 12.4. The predicted octanol–water partition coefficient (Wildman–Crippen LogP) is 5.73. The van der Waals surface area contributed by atoms with Crippen molar-refractivity contribution >= 4 is 43.6 Å². The number of carbonyl (C=O) groups is 1. The van der Waals surface area contributed by atoms with E-state index in [1.165, 1.54) is 6.08 Å². The number of nitrogens with zero attached hydrogens (tertiary/aromatic N) is 3. The molecule has 0 unspecified atom stereocenters. The number of sulfonamides is 2. The van der Waals surface area contributed by atoms with Crippen LogP contribution in [0.3, 0.4) is 0 Å². The average Bonchev–Trinajstić information content (AvgIpc) is 2.92. The molecule has 0 atom stereocenters. The van der Waals surface area contributed by atoms with Crippen molar-refractivity contribution in [2.24, 2.45) is 4.99 Å². The monoisotopic (exact) mass is 676 g/mol. The van der Waals surface area contributed by atoms with Gasteiger partial charge < -0.3 is 13.3 Å². The van der Waals surface area contributed by atoms with E-state index in [4.69, 9.17) is 4.74 Å². The second-order valence-electron chi connectivity index (χ2n) is 8.93. The van der Waals surface area contributed by atoms with Crippen molar-refractivity contribution in [3.63, 3.8) is 0 Å². The smallest absolute Gasteiger partial charge is 0.443 e. The van der Waals surface area contributed by atoms with Gasteiger partial charge in [-0.3, -0.25) is 5.32 Å². The molecule has 11 nitrogen and oxygen atoms in total. The number of aliphatic imine (C=N–C) groups is 1. The van der Waals surface area contributed by atoms with E-state index >= 15 is 0 Å². The molecule has 0 aliphatic heterocycles. The first-order valence-corrected chi connectivity index (χ1v) is 15.5. The SMILES string of the molecule is CC[N+](CC)(CC)CCOC(=O)Nc1ccc(Cc2ccc(N=C=O)cc2)cc1.O=S(=O)([N-]S(=O)(=O)C(F)(F)F)C(F)(F)F. The summed E-state index contributed by atoms with van der Waals surface area (Å²) in [4.78, 5) is 25.9. The number of benzene rings is 2. The molecular weight excluding hydrogens is 646 g/mol. The maximum absolute atomic E-state index is 12.0. The van der Waals surface area contributed by atoms with Gasteiger partial charge in [-0.15, -0.1) is 0 Å². The number of carbonyl (C=O) groups excluding carboxylic acids is 2. The Bertz CT molecular complexity index is 1440. The molecule has 0 saturated heterocycles. The Morgan fingerprint density at radius 2 is 1.27 bits per heavy atom. The molecule has 246 valence electrons. The van der Waals surface area contributed by atoms with Gasteiger partial charge in [0.15, 0.2) is 20.0 Å². The highest BCUT2D eigenvalue weighted by molar-refractivity contribution is 8.13. The first-order chi connectivity index (χ1) is 20.2. The molecule has 2 rings (SSSR count). The zero-order valence-electron chi connectivity index (χ0n) is 23.6. The zero-order chi connectivity index (χ0) is 33.8. The van der Waals surface area contributed by atoms with Crippen LogP contribution >= 0.6 is 0 Å². The molecule has 1 N–H and O–H groups in total. The van der Waals surface area contributed by atoms with E-state index in [1.54, 1.807) is 12.1 Å². The van der Waals surface area contributed by atoms with Gasteiger partial charge in [-0.1, -0.05) is 24.3 Å². The minimum absolute atomic E-state index is 0.406. The van der Waals surface area contributed by atoms with Crippen molar-refractivity contribution in [2.75, 3.05) is 38.1 Å².